The number of esters is 2. The van der Waals surface area contributed by atoms with Crippen LogP contribution in [0.4, 0.5) is 11.4 Å². The fraction of sp³-hybridized carbons (Fsp3) is 0.385. The van der Waals surface area contributed by atoms with Gasteiger partial charge in [0, 0.05) is 6.07 Å². The molecule has 0 saturated carbocycles. The van der Waals surface area contributed by atoms with Crippen LogP contribution in [0.5, 0.6) is 0 Å². The molecule has 1 rings (SSSR count). The Morgan fingerprint density at radius 3 is 2.67 bits per heavy atom. The number of nitrogen functional groups attached to an aromatic ring is 1. The summed E-state index contributed by atoms with van der Waals surface area (Å²) in [5.74, 6) is -1.52. The van der Waals surface area contributed by atoms with Crippen LogP contribution >= 0.6 is 0 Å². The monoisotopic (exact) mass is 296 g/mol. The first-order valence-electron chi connectivity index (χ1n) is 6.32. The van der Waals surface area contributed by atoms with Crippen molar-refractivity contribution in [3.8, 4) is 0 Å². The van der Waals surface area contributed by atoms with Crippen molar-refractivity contribution in [2.45, 2.75) is 19.8 Å². The Morgan fingerprint density at radius 1 is 1.33 bits per heavy atom. The molecule has 114 valence electrons. The van der Waals surface area contributed by atoms with Crippen LogP contribution in [0.15, 0.2) is 18.2 Å². The first kappa shape index (κ1) is 16.4. The van der Waals surface area contributed by atoms with Gasteiger partial charge < -0.3 is 15.2 Å². The molecule has 8 heteroatoms. The highest BCUT2D eigenvalue weighted by molar-refractivity contribution is 5.92. The summed E-state index contributed by atoms with van der Waals surface area (Å²) in [5, 5.41) is 10.7. The molecule has 8 nitrogen and oxygen atoms in total. The summed E-state index contributed by atoms with van der Waals surface area (Å²) in [6.07, 6.45) is 1.60. The third-order valence-corrected chi connectivity index (χ3v) is 2.54. The average molecular weight is 296 g/mol. The van der Waals surface area contributed by atoms with Gasteiger partial charge in [-0.3, -0.25) is 10.1 Å². The number of nitrogens with zero attached hydrogens (tertiary/aromatic N) is 1. The molecule has 0 bridgehead atoms. The lowest BCUT2D eigenvalue weighted by Gasteiger charge is -2.06. The van der Waals surface area contributed by atoms with Crippen molar-refractivity contribution in [1.82, 2.24) is 0 Å². The van der Waals surface area contributed by atoms with Gasteiger partial charge in [-0.15, -0.1) is 0 Å². The smallest absolute Gasteiger partial charge is 0.344 e. The summed E-state index contributed by atoms with van der Waals surface area (Å²) in [7, 11) is 0. The van der Waals surface area contributed by atoms with E-state index in [1.54, 1.807) is 0 Å². The maximum absolute atomic E-state index is 11.7. The average Bonchev–Trinajstić information content (AvgIpc) is 2.45. The van der Waals surface area contributed by atoms with E-state index in [0.29, 0.717) is 0 Å². The number of unbranched alkanes of at least 4 members (excludes halogenated alkanes) is 1. The first-order chi connectivity index (χ1) is 9.95. The van der Waals surface area contributed by atoms with Crippen molar-refractivity contribution < 1.29 is 24.0 Å². The number of hydrogen-bond acceptors (Lipinski definition) is 7. The van der Waals surface area contributed by atoms with Crippen LogP contribution in [-0.2, 0) is 14.3 Å². The molecule has 0 aliphatic heterocycles. The molecule has 0 aliphatic carbocycles. The Bertz CT molecular complexity index is 543. The summed E-state index contributed by atoms with van der Waals surface area (Å²) in [5.41, 5.74) is 4.90. The quantitative estimate of drug-likeness (QED) is 0.267. The van der Waals surface area contributed by atoms with Crippen LogP contribution in [0.3, 0.4) is 0 Å². The second kappa shape index (κ2) is 7.83. The maximum atomic E-state index is 11.7. The molecule has 0 heterocycles. The predicted octanol–water partition coefficient (Wildman–Crippen LogP) is 1.68. The van der Waals surface area contributed by atoms with Gasteiger partial charge >= 0.3 is 11.9 Å². The molecular formula is C13H16N2O6. The van der Waals surface area contributed by atoms with Crippen LogP contribution in [0.1, 0.15) is 30.1 Å². The second-order valence-electron chi connectivity index (χ2n) is 4.18. The Hall–Kier alpha value is -2.64. The fourth-order valence-electron chi connectivity index (χ4n) is 1.41. The molecule has 0 radical (unpaired) electrons. The maximum Gasteiger partial charge on any atom is 0.344 e. The largest absolute Gasteiger partial charge is 0.463 e. The van der Waals surface area contributed by atoms with Crippen molar-refractivity contribution in [1.29, 1.82) is 0 Å². The van der Waals surface area contributed by atoms with E-state index in [1.165, 1.54) is 12.1 Å². The van der Waals surface area contributed by atoms with E-state index in [2.05, 4.69) is 0 Å². The normalized spacial score (nSPS) is 9.95. The molecule has 0 aliphatic rings. The van der Waals surface area contributed by atoms with E-state index in [1.807, 2.05) is 6.92 Å². The van der Waals surface area contributed by atoms with E-state index >= 15 is 0 Å². The zero-order chi connectivity index (χ0) is 15.8. The topological polar surface area (TPSA) is 122 Å². The Labute approximate surface area is 121 Å². The number of hydrogen-bond donors (Lipinski definition) is 1. The van der Waals surface area contributed by atoms with E-state index < -0.39 is 29.2 Å². The van der Waals surface area contributed by atoms with Crippen molar-refractivity contribution in [2.24, 2.45) is 0 Å². The SMILES string of the molecule is CCCCOC(=O)COC(=O)c1ccc(N)c([N+](=O)[O-])c1. The van der Waals surface area contributed by atoms with Gasteiger partial charge in [0.2, 0.25) is 0 Å². The van der Waals surface area contributed by atoms with Gasteiger partial charge in [0.15, 0.2) is 6.61 Å². The van der Waals surface area contributed by atoms with Crippen LogP contribution < -0.4 is 5.73 Å². The number of nitrogens with two attached hydrogens (primary N) is 1. The van der Waals surface area contributed by atoms with Gasteiger partial charge in [0.05, 0.1) is 17.1 Å². The van der Waals surface area contributed by atoms with Gasteiger partial charge in [-0.05, 0) is 18.6 Å². The fourth-order valence-corrected chi connectivity index (χ4v) is 1.41. The number of nitro benzene ring substituents is 1. The predicted molar refractivity (Wildman–Crippen MR) is 73.7 cm³/mol. The number of rotatable bonds is 7. The summed E-state index contributed by atoms with van der Waals surface area (Å²) in [4.78, 5) is 32.9. The molecular weight excluding hydrogens is 280 g/mol. The van der Waals surface area contributed by atoms with E-state index in [0.717, 1.165) is 18.9 Å². The number of benzene rings is 1. The molecule has 0 saturated heterocycles. The van der Waals surface area contributed by atoms with E-state index in [-0.39, 0.29) is 17.9 Å². The number of carbonyl (C=O) groups is 2. The highest BCUT2D eigenvalue weighted by atomic mass is 16.6. The number of carbonyl (C=O) groups excluding carboxylic acids is 2. The highest BCUT2D eigenvalue weighted by Crippen LogP contribution is 2.22. The molecule has 2 N–H and O–H groups in total. The number of anilines is 1. The zero-order valence-corrected chi connectivity index (χ0v) is 11.5. The van der Waals surface area contributed by atoms with Gasteiger partial charge in [0.1, 0.15) is 5.69 Å². The Balaban J connectivity index is 2.58. The van der Waals surface area contributed by atoms with Crippen LogP contribution in [0, 0.1) is 10.1 Å². The highest BCUT2D eigenvalue weighted by Gasteiger charge is 2.17. The lowest BCUT2D eigenvalue weighted by molar-refractivity contribution is -0.383. The first-order valence-corrected chi connectivity index (χ1v) is 6.32. The molecule has 0 fully saturated rings. The van der Waals surface area contributed by atoms with Gasteiger partial charge in [-0.1, -0.05) is 13.3 Å². The molecule has 1 aromatic carbocycles. The molecule has 1 aromatic rings. The minimum absolute atomic E-state index is 0.0581. The minimum atomic E-state index is -0.856. The lowest BCUT2D eigenvalue weighted by Crippen LogP contribution is -2.17. The summed E-state index contributed by atoms with van der Waals surface area (Å²) in [6.45, 7) is 1.67. The Kier molecular flexibility index (Phi) is 6.12. The third kappa shape index (κ3) is 5.09. The van der Waals surface area contributed by atoms with Crippen molar-refractivity contribution in [2.75, 3.05) is 18.9 Å². The molecule has 0 unspecified atom stereocenters. The summed E-state index contributed by atoms with van der Waals surface area (Å²) in [6, 6.07) is 3.52. The third-order valence-electron chi connectivity index (χ3n) is 2.54. The second-order valence-corrected chi connectivity index (χ2v) is 4.18. The minimum Gasteiger partial charge on any atom is -0.463 e. The van der Waals surface area contributed by atoms with Gasteiger partial charge in [0.25, 0.3) is 5.69 Å². The molecule has 0 amide bonds. The standard InChI is InChI=1S/C13H16N2O6/c1-2-3-6-20-12(16)8-21-13(17)9-4-5-10(14)11(7-9)15(18)19/h4-5,7H,2-3,6,8,14H2,1H3. The van der Waals surface area contributed by atoms with Crippen molar-refractivity contribution in [3.05, 3.63) is 33.9 Å². The number of ether oxygens (including phenoxy) is 2. The van der Waals surface area contributed by atoms with Crippen LogP contribution in [0.2, 0.25) is 0 Å². The molecule has 0 atom stereocenters. The Morgan fingerprint density at radius 2 is 2.05 bits per heavy atom. The lowest BCUT2D eigenvalue weighted by atomic mass is 10.2. The van der Waals surface area contributed by atoms with Gasteiger partial charge in [-0.2, -0.15) is 0 Å². The van der Waals surface area contributed by atoms with E-state index in [4.69, 9.17) is 15.2 Å². The van der Waals surface area contributed by atoms with Crippen LogP contribution in [-0.4, -0.2) is 30.1 Å². The van der Waals surface area contributed by atoms with Crippen molar-refractivity contribution >= 4 is 23.3 Å². The zero-order valence-electron chi connectivity index (χ0n) is 11.5. The summed E-state index contributed by atoms with van der Waals surface area (Å²) >= 11 is 0. The molecule has 0 spiro atoms. The van der Waals surface area contributed by atoms with Crippen molar-refractivity contribution in [3.63, 3.8) is 0 Å². The molecule has 0 aromatic heterocycles. The summed E-state index contributed by atoms with van der Waals surface area (Å²) < 4.78 is 9.52. The number of nitro groups is 1. The van der Waals surface area contributed by atoms with Gasteiger partial charge in [-0.25, -0.2) is 9.59 Å². The molecule has 21 heavy (non-hydrogen) atoms. The van der Waals surface area contributed by atoms with E-state index in [9.17, 15) is 19.7 Å². The van der Waals surface area contributed by atoms with Crippen LogP contribution in [0.25, 0.3) is 0 Å².